The average molecular weight is 271 g/mol. The molecule has 0 spiro atoms. The number of alkyl halides is 1. The first-order valence-electron chi connectivity index (χ1n) is 5.64. The molecule has 1 aromatic carbocycles. The van der Waals surface area contributed by atoms with E-state index in [0.29, 0.717) is 0 Å². The summed E-state index contributed by atoms with van der Waals surface area (Å²) in [6.45, 7) is 3.04. The van der Waals surface area contributed by atoms with Crippen molar-refractivity contribution in [2.45, 2.75) is 32.6 Å². The van der Waals surface area contributed by atoms with Gasteiger partial charge in [-0.2, -0.15) is 0 Å². The molecule has 0 aliphatic carbocycles. The Labute approximate surface area is 101 Å². The van der Waals surface area contributed by atoms with Gasteiger partial charge in [-0.25, -0.2) is 0 Å². The second-order valence-electron chi connectivity index (χ2n) is 3.64. The maximum atomic E-state index is 5.63. The van der Waals surface area contributed by atoms with Crippen LogP contribution in [-0.2, 0) is 6.42 Å². The van der Waals surface area contributed by atoms with Crippen LogP contribution >= 0.6 is 15.9 Å². The molecule has 0 aliphatic heterocycles. The molecule has 0 unspecified atom stereocenters. The number of hydrogen-bond donors (Lipinski definition) is 0. The zero-order valence-corrected chi connectivity index (χ0v) is 10.9. The summed E-state index contributed by atoms with van der Waals surface area (Å²) in [5, 5.41) is 1.02. The molecule has 0 bridgehead atoms. The molecule has 15 heavy (non-hydrogen) atoms. The summed E-state index contributed by atoms with van der Waals surface area (Å²) in [5.74, 6) is 0.990. The third-order valence-corrected chi connectivity index (χ3v) is 2.72. The van der Waals surface area contributed by atoms with E-state index in [1.165, 1.54) is 18.4 Å². The van der Waals surface area contributed by atoms with Crippen molar-refractivity contribution in [2.75, 3.05) is 11.9 Å². The normalized spacial score (nSPS) is 10.3. The van der Waals surface area contributed by atoms with E-state index in [-0.39, 0.29) is 0 Å². The Balaban J connectivity index is 2.29. The van der Waals surface area contributed by atoms with Gasteiger partial charge in [0.1, 0.15) is 5.75 Å². The zero-order chi connectivity index (χ0) is 10.9. The quantitative estimate of drug-likeness (QED) is 0.533. The molecule has 0 fully saturated rings. The Morgan fingerprint density at radius 2 is 1.87 bits per heavy atom. The Morgan fingerprint density at radius 3 is 2.47 bits per heavy atom. The van der Waals surface area contributed by atoms with Crippen LogP contribution in [0.2, 0.25) is 0 Å². The molecule has 0 saturated carbocycles. The van der Waals surface area contributed by atoms with Gasteiger partial charge in [0, 0.05) is 5.33 Å². The summed E-state index contributed by atoms with van der Waals surface area (Å²) >= 11 is 3.43. The summed E-state index contributed by atoms with van der Waals surface area (Å²) < 4.78 is 5.63. The van der Waals surface area contributed by atoms with Crippen molar-refractivity contribution < 1.29 is 4.74 Å². The average Bonchev–Trinajstić information content (AvgIpc) is 2.27. The minimum Gasteiger partial charge on any atom is -0.494 e. The standard InChI is InChI=1S/C13H19BrO/c1-2-3-4-11-15-13-7-5-12(6-8-13)9-10-14/h5-8H,2-4,9-11H2,1H3. The zero-order valence-electron chi connectivity index (χ0n) is 9.34. The summed E-state index contributed by atoms with van der Waals surface area (Å²) in [4.78, 5) is 0. The van der Waals surface area contributed by atoms with Crippen LogP contribution in [-0.4, -0.2) is 11.9 Å². The number of hydrogen-bond acceptors (Lipinski definition) is 1. The van der Waals surface area contributed by atoms with Gasteiger partial charge >= 0.3 is 0 Å². The molecule has 1 rings (SSSR count). The number of aryl methyl sites for hydroxylation is 1. The molecule has 0 radical (unpaired) electrons. The van der Waals surface area contributed by atoms with Crippen LogP contribution in [0.1, 0.15) is 31.7 Å². The van der Waals surface area contributed by atoms with E-state index in [1.54, 1.807) is 0 Å². The number of unbranched alkanes of at least 4 members (excludes halogenated alkanes) is 2. The van der Waals surface area contributed by atoms with E-state index in [0.717, 1.165) is 30.5 Å². The topological polar surface area (TPSA) is 9.23 Å². The Kier molecular flexibility index (Phi) is 6.49. The van der Waals surface area contributed by atoms with Crippen molar-refractivity contribution in [3.05, 3.63) is 29.8 Å². The fourth-order valence-corrected chi connectivity index (χ4v) is 1.86. The lowest BCUT2D eigenvalue weighted by Crippen LogP contribution is -1.97. The van der Waals surface area contributed by atoms with Gasteiger partial charge in [0.05, 0.1) is 6.61 Å². The molecule has 84 valence electrons. The summed E-state index contributed by atoms with van der Waals surface area (Å²) in [5.41, 5.74) is 1.35. The van der Waals surface area contributed by atoms with Gasteiger partial charge in [0.25, 0.3) is 0 Å². The van der Waals surface area contributed by atoms with Crippen LogP contribution in [0.3, 0.4) is 0 Å². The molecule has 0 N–H and O–H groups in total. The fourth-order valence-electron chi connectivity index (χ4n) is 1.40. The summed E-state index contributed by atoms with van der Waals surface area (Å²) in [6.07, 6.45) is 4.73. The maximum absolute atomic E-state index is 5.63. The van der Waals surface area contributed by atoms with Crippen LogP contribution in [0, 0.1) is 0 Å². The van der Waals surface area contributed by atoms with E-state index in [4.69, 9.17) is 4.74 Å². The van der Waals surface area contributed by atoms with Crippen LogP contribution in [0.15, 0.2) is 24.3 Å². The van der Waals surface area contributed by atoms with Gasteiger partial charge in [-0.3, -0.25) is 0 Å². The second kappa shape index (κ2) is 7.75. The van der Waals surface area contributed by atoms with Crippen molar-refractivity contribution in [2.24, 2.45) is 0 Å². The highest BCUT2D eigenvalue weighted by atomic mass is 79.9. The molecular weight excluding hydrogens is 252 g/mol. The monoisotopic (exact) mass is 270 g/mol. The molecule has 0 aliphatic rings. The lowest BCUT2D eigenvalue weighted by Gasteiger charge is -2.06. The lowest BCUT2D eigenvalue weighted by molar-refractivity contribution is 0.306. The predicted molar refractivity (Wildman–Crippen MR) is 69.0 cm³/mol. The van der Waals surface area contributed by atoms with Crippen LogP contribution < -0.4 is 4.74 Å². The van der Waals surface area contributed by atoms with Gasteiger partial charge in [-0.05, 0) is 30.5 Å². The molecule has 0 saturated heterocycles. The Bertz CT molecular complexity index is 256. The highest BCUT2D eigenvalue weighted by Crippen LogP contribution is 2.13. The van der Waals surface area contributed by atoms with Crippen molar-refractivity contribution in [3.8, 4) is 5.75 Å². The van der Waals surface area contributed by atoms with E-state index in [9.17, 15) is 0 Å². The maximum Gasteiger partial charge on any atom is 0.119 e. The summed E-state index contributed by atoms with van der Waals surface area (Å²) in [6, 6.07) is 8.39. The summed E-state index contributed by atoms with van der Waals surface area (Å²) in [7, 11) is 0. The van der Waals surface area contributed by atoms with Crippen LogP contribution in [0.25, 0.3) is 0 Å². The number of ether oxygens (including phenoxy) is 1. The van der Waals surface area contributed by atoms with E-state index < -0.39 is 0 Å². The van der Waals surface area contributed by atoms with Crippen LogP contribution in [0.4, 0.5) is 0 Å². The number of rotatable bonds is 7. The fraction of sp³-hybridized carbons (Fsp3) is 0.538. The molecule has 0 heterocycles. The third kappa shape index (κ3) is 5.22. The van der Waals surface area contributed by atoms with E-state index >= 15 is 0 Å². The predicted octanol–water partition coefficient (Wildman–Crippen LogP) is 4.19. The van der Waals surface area contributed by atoms with Crippen molar-refractivity contribution in [1.82, 2.24) is 0 Å². The van der Waals surface area contributed by atoms with Crippen molar-refractivity contribution in [3.63, 3.8) is 0 Å². The smallest absolute Gasteiger partial charge is 0.119 e. The van der Waals surface area contributed by atoms with Gasteiger partial charge in [0.2, 0.25) is 0 Å². The van der Waals surface area contributed by atoms with Crippen molar-refractivity contribution >= 4 is 15.9 Å². The lowest BCUT2D eigenvalue weighted by atomic mass is 10.2. The van der Waals surface area contributed by atoms with E-state index in [1.807, 2.05) is 0 Å². The SMILES string of the molecule is CCCCCOc1ccc(CCBr)cc1. The van der Waals surface area contributed by atoms with Crippen molar-refractivity contribution in [1.29, 1.82) is 0 Å². The number of halogens is 1. The molecule has 1 aromatic rings. The first-order chi connectivity index (χ1) is 7.36. The largest absolute Gasteiger partial charge is 0.494 e. The minimum absolute atomic E-state index is 0.839. The van der Waals surface area contributed by atoms with Gasteiger partial charge in [-0.15, -0.1) is 0 Å². The van der Waals surface area contributed by atoms with Gasteiger partial charge in [-0.1, -0.05) is 47.8 Å². The van der Waals surface area contributed by atoms with Crippen LogP contribution in [0.5, 0.6) is 5.75 Å². The highest BCUT2D eigenvalue weighted by molar-refractivity contribution is 9.09. The Hall–Kier alpha value is -0.500. The molecular formula is C13H19BrO. The molecule has 1 nitrogen and oxygen atoms in total. The van der Waals surface area contributed by atoms with E-state index in [2.05, 4.69) is 47.1 Å². The highest BCUT2D eigenvalue weighted by Gasteiger charge is 1.95. The molecule has 0 aromatic heterocycles. The molecule has 2 heteroatoms. The molecule has 0 amide bonds. The first-order valence-corrected chi connectivity index (χ1v) is 6.76. The number of benzene rings is 1. The molecule has 0 atom stereocenters. The second-order valence-corrected chi connectivity index (χ2v) is 4.43. The first kappa shape index (κ1) is 12.6. The van der Waals surface area contributed by atoms with Gasteiger partial charge < -0.3 is 4.74 Å². The Morgan fingerprint density at radius 1 is 1.13 bits per heavy atom. The van der Waals surface area contributed by atoms with Gasteiger partial charge in [0.15, 0.2) is 0 Å². The minimum atomic E-state index is 0.839. The third-order valence-electron chi connectivity index (χ3n) is 2.32.